The second kappa shape index (κ2) is 5.30. The van der Waals surface area contributed by atoms with E-state index in [1.807, 2.05) is 6.07 Å². The number of nitrogens with zero attached hydrogens (tertiary/aromatic N) is 4. The molecule has 3 rings (SSSR count). The Kier molecular flexibility index (Phi) is 3.45. The predicted molar refractivity (Wildman–Crippen MR) is 76.8 cm³/mol. The van der Waals surface area contributed by atoms with Crippen molar-refractivity contribution in [1.29, 1.82) is 0 Å². The van der Waals surface area contributed by atoms with Crippen LogP contribution < -0.4 is 10.9 Å². The molecule has 0 radical (unpaired) electrons. The lowest BCUT2D eigenvalue weighted by atomic mass is 10.1. The monoisotopic (exact) mass is 301 g/mol. The third-order valence-electron chi connectivity index (χ3n) is 3.90. The molecule has 1 atom stereocenters. The van der Waals surface area contributed by atoms with Crippen LogP contribution in [-0.2, 0) is 16.1 Å². The Bertz CT molecular complexity index is 698. The molecule has 0 fully saturated rings. The molecule has 2 N–H and O–H groups in total. The molecule has 8 nitrogen and oxygen atoms in total. The van der Waals surface area contributed by atoms with E-state index in [9.17, 15) is 14.4 Å². The maximum absolute atomic E-state index is 12.6. The topological polar surface area (TPSA) is 108 Å². The third-order valence-corrected chi connectivity index (χ3v) is 3.90. The van der Waals surface area contributed by atoms with Gasteiger partial charge >= 0.3 is 0 Å². The van der Waals surface area contributed by atoms with Crippen molar-refractivity contribution in [2.45, 2.75) is 25.4 Å². The summed E-state index contributed by atoms with van der Waals surface area (Å²) in [6.45, 7) is 0.270. The Morgan fingerprint density at radius 2 is 2.05 bits per heavy atom. The van der Waals surface area contributed by atoms with Crippen molar-refractivity contribution in [2.24, 2.45) is 16.1 Å². The molecule has 0 aliphatic carbocycles. The summed E-state index contributed by atoms with van der Waals surface area (Å²) < 4.78 is 0. The lowest BCUT2D eigenvalue weighted by molar-refractivity contribution is -0.123. The fraction of sp³-hybridized carbons (Fsp3) is 0.357. The van der Waals surface area contributed by atoms with Gasteiger partial charge in [0.1, 0.15) is 6.04 Å². The van der Waals surface area contributed by atoms with Gasteiger partial charge in [-0.15, -0.1) is 10.2 Å². The number of hydrogen-bond donors (Lipinski definition) is 1. The third kappa shape index (κ3) is 2.27. The summed E-state index contributed by atoms with van der Waals surface area (Å²) in [5.74, 6) is 4.53. The molecule has 2 aliphatic rings. The van der Waals surface area contributed by atoms with Gasteiger partial charge in [-0.25, -0.2) is 5.84 Å². The van der Waals surface area contributed by atoms with Crippen LogP contribution in [0.1, 0.15) is 28.8 Å². The zero-order valence-electron chi connectivity index (χ0n) is 12.0. The van der Waals surface area contributed by atoms with Crippen LogP contribution in [-0.4, -0.2) is 35.7 Å². The van der Waals surface area contributed by atoms with Crippen LogP contribution in [0.15, 0.2) is 28.4 Å². The van der Waals surface area contributed by atoms with E-state index in [-0.39, 0.29) is 25.3 Å². The molecule has 0 spiro atoms. The molecule has 0 bridgehead atoms. The molecular formula is C14H15N5O3. The molecular weight excluding hydrogens is 286 g/mol. The summed E-state index contributed by atoms with van der Waals surface area (Å²) >= 11 is 0. The number of azo groups is 1. The van der Waals surface area contributed by atoms with Gasteiger partial charge in [-0.1, -0.05) is 6.07 Å². The molecule has 114 valence electrons. The number of hydrogen-bond acceptors (Lipinski definition) is 5. The lowest BCUT2D eigenvalue weighted by Gasteiger charge is -2.23. The van der Waals surface area contributed by atoms with Gasteiger partial charge in [-0.3, -0.25) is 14.4 Å². The van der Waals surface area contributed by atoms with Gasteiger partial charge in [-0.05, 0) is 18.6 Å². The summed E-state index contributed by atoms with van der Waals surface area (Å²) in [7, 11) is 1.69. The SMILES string of the molecule is CN(N)c1cccc2c1CN(C1CCC(=O)N=NC1=O)C2=O. The Labute approximate surface area is 126 Å². The second-order valence-electron chi connectivity index (χ2n) is 5.33. The number of carbonyl (C=O) groups excluding carboxylic acids is 3. The minimum absolute atomic E-state index is 0.101. The Morgan fingerprint density at radius 3 is 2.77 bits per heavy atom. The van der Waals surface area contributed by atoms with Gasteiger partial charge in [0.05, 0.1) is 5.69 Å². The number of carbonyl (C=O) groups is 3. The Balaban J connectivity index is 1.94. The second-order valence-corrected chi connectivity index (χ2v) is 5.33. The van der Waals surface area contributed by atoms with Crippen molar-refractivity contribution >= 4 is 23.4 Å². The molecule has 22 heavy (non-hydrogen) atoms. The molecule has 2 aliphatic heterocycles. The molecule has 1 aromatic rings. The van der Waals surface area contributed by atoms with Crippen molar-refractivity contribution < 1.29 is 14.4 Å². The highest BCUT2D eigenvalue weighted by atomic mass is 16.2. The van der Waals surface area contributed by atoms with Crippen molar-refractivity contribution in [2.75, 3.05) is 12.1 Å². The summed E-state index contributed by atoms with van der Waals surface area (Å²) in [6.07, 6.45) is 0.335. The minimum atomic E-state index is -0.758. The smallest absolute Gasteiger partial charge is 0.287 e. The number of amides is 3. The maximum Gasteiger partial charge on any atom is 0.287 e. The minimum Gasteiger partial charge on any atom is -0.322 e. The zero-order valence-corrected chi connectivity index (χ0v) is 12.0. The van der Waals surface area contributed by atoms with Crippen LogP contribution in [0.2, 0.25) is 0 Å². The largest absolute Gasteiger partial charge is 0.322 e. The van der Waals surface area contributed by atoms with Gasteiger partial charge in [-0.2, -0.15) is 0 Å². The van der Waals surface area contributed by atoms with Crippen LogP contribution in [0.25, 0.3) is 0 Å². The van der Waals surface area contributed by atoms with Gasteiger partial charge in [0, 0.05) is 31.1 Å². The standard InChI is InChI=1S/C14H15N5O3/c1-18(15)10-4-2-3-8-9(10)7-19(14(8)22)11-5-6-12(20)16-17-13(11)21/h2-4,11H,5-7,15H2,1H3. The van der Waals surface area contributed by atoms with Crippen molar-refractivity contribution in [3.63, 3.8) is 0 Å². The highest BCUT2D eigenvalue weighted by Gasteiger charge is 2.38. The Morgan fingerprint density at radius 1 is 1.27 bits per heavy atom. The first-order valence-electron chi connectivity index (χ1n) is 6.88. The van der Waals surface area contributed by atoms with Crippen LogP contribution in [0, 0.1) is 0 Å². The van der Waals surface area contributed by atoms with Crippen LogP contribution in [0.5, 0.6) is 0 Å². The summed E-state index contributed by atoms with van der Waals surface area (Å²) in [4.78, 5) is 37.3. The highest BCUT2D eigenvalue weighted by Crippen LogP contribution is 2.33. The van der Waals surface area contributed by atoms with E-state index >= 15 is 0 Å². The van der Waals surface area contributed by atoms with Gasteiger partial charge < -0.3 is 9.91 Å². The van der Waals surface area contributed by atoms with E-state index in [4.69, 9.17) is 5.84 Å². The molecule has 1 aromatic carbocycles. The number of rotatable bonds is 2. The van der Waals surface area contributed by atoms with E-state index in [1.54, 1.807) is 19.2 Å². The van der Waals surface area contributed by atoms with Crippen molar-refractivity contribution in [1.82, 2.24) is 4.90 Å². The molecule has 0 saturated carbocycles. The fourth-order valence-electron chi connectivity index (χ4n) is 2.81. The fourth-order valence-corrected chi connectivity index (χ4v) is 2.81. The summed E-state index contributed by atoms with van der Waals surface area (Å²) in [5.41, 5.74) is 2.03. The number of anilines is 1. The first-order valence-corrected chi connectivity index (χ1v) is 6.88. The normalized spacial score (nSPS) is 21.1. The van der Waals surface area contributed by atoms with E-state index in [2.05, 4.69) is 10.2 Å². The number of hydrazine groups is 1. The Hall–Kier alpha value is -2.61. The molecule has 3 amide bonds. The number of nitrogens with two attached hydrogens (primary N) is 1. The zero-order chi connectivity index (χ0) is 15.9. The van der Waals surface area contributed by atoms with E-state index < -0.39 is 17.9 Å². The molecule has 8 heteroatoms. The first-order chi connectivity index (χ1) is 10.5. The highest BCUT2D eigenvalue weighted by molar-refractivity contribution is 6.03. The average molecular weight is 301 g/mol. The lowest BCUT2D eigenvalue weighted by Crippen LogP contribution is -2.40. The van der Waals surface area contributed by atoms with Gasteiger partial charge in [0.15, 0.2) is 0 Å². The van der Waals surface area contributed by atoms with Gasteiger partial charge in [0.25, 0.3) is 17.7 Å². The molecule has 2 heterocycles. The molecule has 0 saturated heterocycles. The van der Waals surface area contributed by atoms with Crippen molar-refractivity contribution in [3.8, 4) is 0 Å². The summed E-state index contributed by atoms with van der Waals surface area (Å²) in [6, 6.07) is 4.51. The van der Waals surface area contributed by atoms with Crippen LogP contribution in [0.3, 0.4) is 0 Å². The predicted octanol–water partition coefficient (Wildman–Crippen LogP) is 0.620. The molecule has 1 unspecified atom stereocenters. The van der Waals surface area contributed by atoms with E-state index in [0.29, 0.717) is 5.56 Å². The van der Waals surface area contributed by atoms with Crippen molar-refractivity contribution in [3.05, 3.63) is 29.3 Å². The maximum atomic E-state index is 12.6. The van der Waals surface area contributed by atoms with E-state index in [1.165, 1.54) is 9.91 Å². The average Bonchev–Trinajstić information content (AvgIpc) is 2.72. The van der Waals surface area contributed by atoms with Crippen LogP contribution >= 0.6 is 0 Å². The van der Waals surface area contributed by atoms with E-state index in [0.717, 1.165) is 11.3 Å². The molecule has 0 aromatic heterocycles. The summed E-state index contributed by atoms with van der Waals surface area (Å²) in [5, 5.41) is 8.15. The van der Waals surface area contributed by atoms with Crippen LogP contribution in [0.4, 0.5) is 5.69 Å². The van der Waals surface area contributed by atoms with Gasteiger partial charge in [0.2, 0.25) is 0 Å². The number of fused-ring (bicyclic) bond motifs is 1. The number of benzene rings is 1. The first kappa shape index (κ1) is 14.3. The quantitative estimate of drug-likeness (QED) is 0.636.